The largest absolute Gasteiger partial charge is 0.497 e. The van der Waals surface area contributed by atoms with Gasteiger partial charge in [-0.25, -0.2) is 0 Å². The zero-order chi connectivity index (χ0) is 20.1. The van der Waals surface area contributed by atoms with E-state index in [1.165, 1.54) is 13.8 Å². The van der Waals surface area contributed by atoms with E-state index in [0.29, 0.717) is 18.7 Å². The number of carbonyl (C=O) groups excluding carboxylic acids is 2. The number of nitrogens with one attached hydrogen (secondary N) is 1. The number of nitrogens with zero attached hydrogens (tertiary/aromatic N) is 1. The first-order chi connectivity index (χ1) is 13.3. The Bertz CT molecular complexity index is 950. The van der Waals surface area contributed by atoms with Crippen LogP contribution in [0.3, 0.4) is 0 Å². The average molecular weight is 380 g/mol. The number of anilines is 1. The van der Waals surface area contributed by atoms with E-state index in [9.17, 15) is 14.7 Å². The monoisotopic (exact) mass is 380 g/mol. The highest BCUT2D eigenvalue weighted by Gasteiger charge is 2.60. The van der Waals surface area contributed by atoms with Crippen molar-refractivity contribution in [3.63, 3.8) is 0 Å². The molecule has 6 nitrogen and oxygen atoms in total. The Kier molecular flexibility index (Phi) is 4.19. The molecule has 2 aliphatic rings. The predicted octanol–water partition coefficient (Wildman–Crippen LogP) is 2.63. The fourth-order valence-corrected chi connectivity index (χ4v) is 4.53. The third-order valence-electron chi connectivity index (χ3n) is 5.78. The molecule has 0 bridgehead atoms. The highest BCUT2D eigenvalue weighted by molar-refractivity contribution is 6.08. The molecule has 0 saturated carbocycles. The molecule has 0 aromatic heterocycles. The van der Waals surface area contributed by atoms with Crippen molar-refractivity contribution in [1.82, 2.24) is 4.90 Å². The Balaban J connectivity index is 1.92. The van der Waals surface area contributed by atoms with Gasteiger partial charge in [0, 0.05) is 12.2 Å². The van der Waals surface area contributed by atoms with Crippen molar-refractivity contribution in [3.05, 3.63) is 59.7 Å². The lowest BCUT2D eigenvalue weighted by Crippen LogP contribution is -2.48. The number of fused-ring (bicyclic) bond motifs is 2. The molecular weight excluding hydrogens is 356 g/mol. The molecule has 28 heavy (non-hydrogen) atoms. The van der Waals surface area contributed by atoms with E-state index in [1.807, 2.05) is 48.5 Å². The number of hydrogen-bond acceptors (Lipinski definition) is 4. The fourth-order valence-electron chi connectivity index (χ4n) is 4.53. The lowest BCUT2D eigenvalue weighted by atomic mass is 9.72. The maximum absolute atomic E-state index is 13.3. The minimum Gasteiger partial charge on any atom is -0.497 e. The van der Waals surface area contributed by atoms with Crippen LogP contribution in [0.4, 0.5) is 5.69 Å². The average Bonchev–Trinajstić information content (AvgIpc) is 3.20. The second-order valence-electron chi connectivity index (χ2n) is 7.96. The van der Waals surface area contributed by atoms with Crippen LogP contribution in [0, 0.1) is 0 Å². The van der Waals surface area contributed by atoms with E-state index in [1.54, 1.807) is 12.0 Å². The van der Waals surface area contributed by atoms with Crippen LogP contribution in [0.2, 0.25) is 0 Å². The van der Waals surface area contributed by atoms with Crippen molar-refractivity contribution < 1.29 is 19.4 Å². The predicted molar refractivity (Wildman–Crippen MR) is 105 cm³/mol. The van der Waals surface area contributed by atoms with Crippen molar-refractivity contribution >= 4 is 17.5 Å². The van der Waals surface area contributed by atoms with E-state index < -0.39 is 23.0 Å². The Morgan fingerprint density at radius 2 is 2.00 bits per heavy atom. The summed E-state index contributed by atoms with van der Waals surface area (Å²) in [6.07, 6.45) is 0.486. The number of methoxy groups -OCH3 is 1. The second kappa shape index (κ2) is 6.34. The van der Waals surface area contributed by atoms with Crippen molar-refractivity contribution in [2.75, 3.05) is 19.0 Å². The standard InChI is InChI=1S/C22H24N2O4/c1-21(2,27)20(26)24-12-11-22(16-9-4-5-10-17(16)23-19(22)25)18(24)14-7-6-8-15(13-14)28-3/h4-10,13,18,27H,11-12H2,1-3H3,(H,23,25)/t18-,22+/m0/s1. The van der Waals surface area contributed by atoms with Crippen molar-refractivity contribution in [2.45, 2.75) is 37.3 Å². The van der Waals surface area contributed by atoms with Gasteiger partial charge < -0.3 is 20.1 Å². The van der Waals surface area contributed by atoms with Gasteiger partial charge in [0.05, 0.1) is 13.2 Å². The van der Waals surface area contributed by atoms with Crippen LogP contribution >= 0.6 is 0 Å². The van der Waals surface area contributed by atoms with Crippen LogP contribution < -0.4 is 10.1 Å². The summed E-state index contributed by atoms with van der Waals surface area (Å²) in [6.45, 7) is 3.34. The molecule has 2 N–H and O–H groups in total. The summed E-state index contributed by atoms with van der Waals surface area (Å²) in [5.41, 5.74) is 0.0410. The van der Waals surface area contributed by atoms with E-state index in [2.05, 4.69) is 5.32 Å². The number of aliphatic hydroxyl groups is 1. The van der Waals surface area contributed by atoms with Crippen LogP contribution in [-0.4, -0.2) is 41.1 Å². The summed E-state index contributed by atoms with van der Waals surface area (Å²) in [5.74, 6) is 0.142. The fraction of sp³-hybridized carbons (Fsp3) is 0.364. The molecule has 146 valence electrons. The Morgan fingerprint density at radius 1 is 1.25 bits per heavy atom. The van der Waals surface area contributed by atoms with E-state index in [-0.39, 0.29) is 5.91 Å². The van der Waals surface area contributed by atoms with Gasteiger partial charge in [-0.2, -0.15) is 0 Å². The third-order valence-corrected chi connectivity index (χ3v) is 5.78. The summed E-state index contributed by atoms with van der Waals surface area (Å²) in [4.78, 5) is 28.0. The van der Waals surface area contributed by atoms with Gasteiger partial charge in [-0.05, 0) is 49.6 Å². The van der Waals surface area contributed by atoms with Crippen LogP contribution in [0.25, 0.3) is 0 Å². The van der Waals surface area contributed by atoms with E-state index in [0.717, 1.165) is 16.8 Å². The number of benzene rings is 2. The first-order valence-corrected chi connectivity index (χ1v) is 9.37. The number of hydrogen-bond donors (Lipinski definition) is 2. The minimum atomic E-state index is -1.53. The molecule has 0 aliphatic carbocycles. The molecular formula is C22H24N2O4. The quantitative estimate of drug-likeness (QED) is 0.858. The molecule has 1 spiro atoms. The molecule has 4 rings (SSSR count). The van der Waals surface area contributed by atoms with Gasteiger partial charge in [0.25, 0.3) is 5.91 Å². The number of ether oxygens (including phenoxy) is 1. The third kappa shape index (κ3) is 2.59. The maximum atomic E-state index is 13.3. The first-order valence-electron chi connectivity index (χ1n) is 9.37. The molecule has 6 heteroatoms. The molecule has 2 heterocycles. The molecule has 0 unspecified atom stereocenters. The number of likely N-dealkylation sites (tertiary alicyclic amines) is 1. The molecule has 2 aromatic rings. The van der Waals surface area contributed by atoms with Crippen molar-refractivity contribution in [1.29, 1.82) is 0 Å². The van der Waals surface area contributed by atoms with Gasteiger partial charge in [0.15, 0.2) is 0 Å². The Hall–Kier alpha value is -2.86. The Labute approximate surface area is 164 Å². The maximum Gasteiger partial charge on any atom is 0.254 e. The topological polar surface area (TPSA) is 78.9 Å². The van der Waals surface area contributed by atoms with Gasteiger partial charge in [0.2, 0.25) is 5.91 Å². The van der Waals surface area contributed by atoms with Gasteiger partial charge in [0.1, 0.15) is 16.8 Å². The molecule has 1 fully saturated rings. The zero-order valence-corrected chi connectivity index (χ0v) is 16.2. The first kappa shape index (κ1) is 18.5. The van der Waals surface area contributed by atoms with Crippen LogP contribution in [0.15, 0.2) is 48.5 Å². The summed E-state index contributed by atoms with van der Waals surface area (Å²) in [6, 6.07) is 14.5. The summed E-state index contributed by atoms with van der Waals surface area (Å²) in [7, 11) is 1.58. The molecule has 2 aromatic carbocycles. The molecule has 1 saturated heterocycles. The molecule has 2 atom stereocenters. The van der Waals surface area contributed by atoms with Gasteiger partial charge in [-0.15, -0.1) is 0 Å². The molecule has 2 aliphatic heterocycles. The van der Waals surface area contributed by atoms with Gasteiger partial charge in [-0.3, -0.25) is 9.59 Å². The number of amides is 2. The number of carbonyl (C=O) groups is 2. The Morgan fingerprint density at radius 3 is 2.71 bits per heavy atom. The zero-order valence-electron chi connectivity index (χ0n) is 16.2. The number of para-hydroxylation sites is 1. The molecule has 0 radical (unpaired) electrons. The lowest BCUT2D eigenvalue weighted by Gasteiger charge is -2.36. The highest BCUT2D eigenvalue weighted by Crippen LogP contribution is 2.55. The van der Waals surface area contributed by atoms with Crippen LogP contribution in [0.1, 0.15) is 37.4 Å². The van der Waals surface area contributed by atoms with E-state index in [4.69, 9.17) is 4.74 Å². The van der Waals surface area contributed by atoms with Crippen molar-refractivity contribution in [2.24, 2.45) is 0 Å². The van der Waals surface area contributed by atoms with Crippen molar-refractivity contribution in [3.8, 4) is 5.75 Å². The van der Waals surface area contributed by atoms with Gasteiger partial charge in [-0.1, -0.05) is 30.3 Å². The molecule has 2 amide bonds. The minimum absolute atomic E-state index is 0.118. The highest BCUT2D eigenvalue weighted by atomic mass is 16.5. The smallest absolute Gasteiger partial charge is 0.254 e. The SMILES string of the molecule is COc1cccc([C@@H]2N(C(=O)C(C)(C)O)CC[C@]23C(=O)Nc2ccccc23)c1. The lowest BCUT2D eigenvalue weighted by molar-refractivity contribution is -0.149. The summed E-state index contributed by atoms with van der Waals surface area (Å²) in [5, 5.41) is 13.4. The normalized spacial score (nSPS) is 23.6. The van der Waals surface area contributed by atoms with Crippen LogP contribution in [0.5, 0.6) is 5.75 Å². The number of rotatable bonds is 3. The summed E-state index contributed by atoms with van der Waals surface area (Å²) >= 11 is 0. The van der Waals surface area contributed by atoms with Gasteiger partial charge >= 0.3 is 0 Å². The second-order valence-corrected chi connectivity index (χ2v) is 7.96. The van der Waals surface area contributed by atoms with Crippen LogP contribution in [-0.2, 0) is 15.0 Å². The van der Waals surface area contributed by atoms with E-state index >= 15 is 0 Å². The summed E-state index contributed by atoms with van der Waals surface area (Å²) < 4.78 is 5.37.